The van der Waals surface area contributed by atoms with Gasteiger partial charge in [0.15, 0.2) is 5.57 Å². The van der Waals surface area contributed by atoms with Gasteiger partial charge in [-0.2, -0.15) is 10.5 Å². The van der Waals surface area contributed by atoms with E-state index < -0.39 is 11.9 Å². The minimum Gasteiger partial charge on any atom is -0.478 e. The number of hydrogen-bond acceptors (Lipinski definition) is 9. The van der Waals surface area contributed by atoms with Crippen LogP contribution < -0.4 is 16.0 Å². The monoisotopic (exact) mass is 432 g/mol. The molecule has 0 amide bonds. The summed E-state index contributed by atoms with van der Waals surface area (Å²) in [5, 5.41) is 42.4. The minimum absolute atomic E-state index is 0.0597. The molecule has 0 saturated heterocycles. The lowest BCUT2D eigenvalue weighted by Crippen LogP contribution is -2.28. The van der Waals surface area contributed by atoms with Gasteiger partial charge in [0.2, 0.25) is 0 Å². The molecule has 168 valence electrons. The second kappa shape index (κ2) is 16.0. The van der Waals surface area contributed by atoms with Crippen LogP contribution in [0.15, 0.2) is 40.1 Å². The smallest absolute Gasteiger partial charge is 0.328 e. The van der Waals surface area contributed by atoms with E-state index in [0.29, 0.717) is 31.1 Å². The van der Waals surface area contributed by atoms with Crippen LogP contribution in [-0.4, -0.2) is 61.3 Å². The summed E-state index contributed by atoms with van der Waals surface area (Å²) in [6.45, 7) is 2.95. The Kier molecular flexibility index (Phi) is 14.1. The van der Waals surface area contributed by atoms with Gasteiger partial charge in [-0.05, 0) is 39.2 Å². The van der Waals surface area contributed by atoms with Crippen molar-refractivity contribution in [3.63, 3.8) is 0 Å². The Morgan fingerprint density at radius 1 is 1.10 bits per heavy atom. The number of hydrogen-bond donors (Lipinski definition) is 5. The molecule has 1 aromatic rings. The van der Waals surface area contributed by atoms with Crippen LogP contribution in [0.4, 0.5) is 0 Å². The van der Waals surface area contributed by atoms with Crippen molar-refractivity contribution in [1.29, 1.82) is 10.5 Å². The van der Waals surface area contributed by atoms with Gasteiger partial charge in [0.05, 0.1) is 13.1 Å². The molecule has 0 spiro atoms. The second-order valence-corrected chi connectivity index (χ2v) is 6.30. The van der Waals surface area contributed by atoms with Crippen LogP contribution in [0.25, 0.3) is 0 Å². The van der Waals surface area contributed by atoms with E-state index in [0.717, 1.165) is 31.0 Å². The van der Waals surface area contributed by atoms with E-state index in [1.807, 2.05) is 38.4 Å². The Morgan fingerprint density at radius 2 is 1.68 bits per heavy atom. The van der Waals surface area contributed by atoms with Crippen molar-refractivity contribution in [2.45, 2.75) is 19.5 Å². The SMILES string of the molecule is CNC(NCCCNCc1ccc(CN(C)C)o1)=C(C#N)C#N.O=C(O)/C=C/C(=O)O. The molecule has 11 heteroatoms. The summed E-state index contributed by atoms with van der Waals surface area (Å²) < 4.78 is 5.71. The topological polar surface area (TPSA) is 175 Å². The lowest BCUT2D eigenvalue weighted by atomic mass is 10.3. The highest BCUT2D eigenvalue weighted by atomic mass is 16.4. The predicted molar refractivity (Wildman–Crippen MR) is 112 cm³/mol. The fraction of sp³-hybridized carbons (Fsp3) is 0.400. The molecule has 31 heavy (non-hydrogen) atoms. The van der Waals surface area contributed by atoms with Crippen molar-refractivity contribution in [2.24, 2.45) is 0 Å². The number of nitrogens with zero attached hydrogens (tertiary/aromatic N) is 3. The first kappa shape index (κ1) is 27.2. The second-order valence-electron chi connectivity index (χ2n) is 6.30. The highest BCUT2D eigenvalue weighted by Crippen LogP contribution is 2.09. The van der Waals surface area contributed by atoms with Gasteiger partial charge in [-0.25, -0.2) is 9.59 Å². The first-order valence-electron chi connectivity index (χ1n) is 9.26. The number of carboxylic acid groups (broad SMARTS) is 2. The molecule has 0 aliphatic rings. The average molecular weight is 432 g/mol. The molecule has 5 N–H and O–H groups in total. The van der Waals surface area contributed by atoms with Gasteiger partial charge in [0.25, 0.3) is 0 Å². The van der Waals surface area contributed by atoms with Crippen LogP contribution in [0.5, 0.6) is 0 Å². The largest absolute Gasteiger partial charge is 0.478 e. The van der Waals surface area contributed by atoms with E-state index in [1.165, 1.54) is 0 Å². The molecule has 0 aliphatic carbocycles. The van der Waals surface area contributed by atoms with Crippen molar-refractivity contribution in [1.82, 2.24) is 20.9 Å². The number of carboxylic acids is 2. The van der Waals surface area contributed by atoms with Crippen LogP contribution in [0, 0.1) is 22.7 Å². The molecule has 0 fully saturated rings. The molecular formula is C20H28N6O5. The van der Waals surface area contributed by atoms with Crippen LogP contribution in [0.2, 0.25) is 0 Å². The third kappa shape index (κ3) is 13.9. The van der Waals surface area contributed by atoms with Gasteiger partial charge in [0, 0.05) is 25.7 Å². The molecule has 0 saturated carbocycles. The molecule has 0 aliphatic heterocycles. The molecule has 1 rings (SSSR count). The van der Waals surface area contributed by atoms with Gasteiger partial charge in [-0.3, -0.25) is 0 Å². The zero-order chi connectivity index (χ0) is 23.6. The Morgan fingerprint density at radius 3 is 2.16 bits per heavy atom. The van der Waals surface area contributed by atoms with E-state index in [4.69, 9.17) is 25.2 Å². The fourth-order valence-corrected chi connectivity index (χ4v) is 2.13. The zero-order valence-electron chi connectivity index (χ0n) is 17.8. The van der Waals surface area contributed by atoms with E-state index in [1.54, 1.807) is 7.05 Å². The third-order valence-electron chi connectivity index (χ3n) is 3.41. The summed E-state index contributed by atoms with van der Waals surface area (Å²) >= 11 is 0. The van der Waals surface area contributed by atoms with Crippen molar-refractivity contribution >= 4 is 11.9 Å². The molecule has 11 nitrogen and oxygen atoms in total. The minimum atomic E-state index is -1.26. The van der Waals surface area contributed by atoms with Crippen molar-refractivity contribution < 1.29 is 24.2 Å². The maximum absolute atomic E-state index is 9.55. The molecule has 1 aromatic heterocycles. The van der Waals surface area contributed by atoms with E-state index in [2.05, 4.69) is 20.9 Å². The standard InChI is InChI=1S/C16H24N6O.C4H4O4/c1-19-16(13(9-17)10-18)21-8-4-7-20-11-14-5-6-15(23-14)12-22(2)3;5-3(6)1-2-4(7)8/h5-6,19-21H,4,7-8,11-12H2,1-3H3;1-2H,(H,5,6)(H,7,8)/b;2-1+. The number of allylic oxidation sites excluding steroid dienone is 1. The number of aliphatic carboxylic acids is 2. The highest BCUT2D eigenvalue weighted by molar-refractivity contribution is 5.89. The van der Waals surface area contributed by atoms with Gasteiger partial charge >= 0.3 is 11.9 Å². The quantitative estimate of drug-likeness (QED) is 0.178. The van der Waals surface area contributed by atoms with Crippen LogP contribution >= 0.6 is 0 Å². The Balaban J connectivity index is 0.000000954. The van der Waals surface area contributed by atoms with Gasteiger partial charge < -0.3 is 35.5 Å². The molecule has 0 atom stereocenters. The number of nitriles is 2. The summed E-state index contributed by atoms with van der Waals surface area (Å²) in [6.07, 6.45) is 1.98. The maximum Gasteiger partial charge on any atom is 0.328 e. The molecular weight excluding hydrogens is 404 g/mol. The van der Waals surface area contributed by atoms with E-state index in [-0.39, 0.29) is 5.57 Å². The first-order valence-corrected chi connectivity index (χ1v) is 9.26. The zero-order valence-corrected chi connectivity index (χ0v) is 17.8. The summed E-state index contributed by atoms with van der Waals surface area (Å²) in [7, 11) is 5.69. The van der Waals surface area contributed by atoms with Gasteiger partial charge in [0.1, 0.15) is 29.5 Å². The van der Waals surface area contributed by atoms with Crippen LogP contribution in [-0.2, 0) is 22.7 Å². The molecule has 0 aromatic carbocycles. The lowest BCUT2D eigenvalue weighted by Gasteiger charge is -2.10. The first-order chi connectivity index (χ1) is 14.7. The maximum atomic E-state index is 9.55. The fourth-order valence-electron chi connectivity index (χ4n) is 2.13. The van der Waals surface area contributed by atoms with Crippen molar-refractivity contribution in [3.05, 3.63) is 47.2 Å². The van der Waals surface area contributed by atoms with Crippen LogP contribution in [0.1, 0.15) is 17.9 Å². The van der Waals surface area contributed by atoms with Crippen molar-refractivity contribution in [3.8, 4) is 12.1 Å². The number of furan rings is 1. The number of rotatable bonds is 12. The number of carbonyl (C=O) groups is 2. The summed E-state index contributed by atoms with van der Waals surface area (Å²) in [5.74, 6) is -0.172. The van der Waals surface area contributed by atoms with Gasteiger partial charge in [-0.1, -0.05) is 0 Å². The van der Waals surface area contributed by atoms with Crippen LogP contribution in [0.3, 0.4) is 0 Å². The number of nitrogens with one attached hydrogen (secondary N) is 3. The van der Waals surface area contributed by atoms with Gasteiger partial charge in [-0.15, -0.1) is 0 Å². The highest BCUT2D eigenvalue weighted by Gasteiger charge is 2.04. The Labute approximate surface area is 181 Å². The predicted octanol–water partition coefficient (Wildman–Crippen LogP) is 0.600. The molecule has 0 bridgehead atoms. The van der Waals surface area contributed by atoms with E-state index in [9.17, 15) is 9.59 Å². The normalized spacial score (nSPS) is 9.87. The summed E-state index contributed by atoms with van der Waals surface area (Å²) in [4.78, 5) is 21.2. The Hall–Kier alpha value is -3.80. The molecule has 0 unspecified atom stereocenters. The van der Waals surface area contributed by atoms with Crippen molar-refractivity contribution in [2.75, 3.05) is 34.2 Å². The molecule has 0 radical (unpaired) electrons. The van der Waals surface area contributed by atoms with E-state index >= 15 is 0 Å². The third-order valence-corrected chi connectivity index (χ3v) is 3.41. The lowest BCUT2D eigenvalue weighted by molar-refractivity contribution is -0.134. The Bertz CT molecular complexity index is 813. The molecule has 1 heterocycles. The summed E-state index contributed by atoms with van der Waals surface area (Å²) in [5.41, 5.74) is 0.0597. The summed E-state index contributed by atoms with van der Waals surface area (Å²) in [6, 6.07) is 7.69. The average Bonchev–Trinajstić information content (AvgIpc) is 3.15.